The van der Waals surface area contributed by atoms with Crippen molar-refractivity contribution in [3.8, 4) is 0 Å². The number of anilines is 1. The van der Waals surface area contributed by atoms with E-state index >= 15 is 0 Å². The van der Waals surface area contributed by atoms with Crippen molar-refractivity contribution in [3.05, 3.63) is 35.5 Å². The van der Waals surface area contributed by atoms with Crippen LogP contribution in [0.1, 0.15) is 20.8 Å². The van der Waals surface area contributed by atoms with Crippen molar-refractivity contribution in [2.45, 2.75) is 26.3 Å². The summed E-state index contributed by atoms with van der Waals surface area (Å²) in [5.74, 6) is 0. The molecule has 0 bridgehead atoms. The molecule has 4 heteroatoms. The molecule has 4 nitrogen and oxygen atoms in total. The number of benzene rings is 1. The van der Waals surface area contributed by atoms with E-state index in [2.05, 4.69) is 0 Å². The monoisotopic (exact) mass is 195 g/mol. The van der Waals surface area contributed by atoms with Gasteiger partial charge in [-0.05, 0) is 32.9 Å². The predicted octanol–water partition coefficient (Wildman–Crippen LogP) is 2.40. The molecule has 14 heavy (non-hydrogen) atoms. The van der Waals surface area contributed by atoms with Crippen LogP contribution in [-0.4, -0.2) is 16.1 Å². The van der Waals surface area contributed by atoms with Gasteiger partial charge in [0.1, 0.15) is 0 Å². The van der Waals surface area contributed by atoms with Crippen LogP contribution in [0.3, 0.4) is 0 Å². The lowest BCUT2D eigenvalue weighted by atomic mass is 10.1. The van der Waals surface area contributed by atoms with E-state index in [-0.39, 0.29) is 5.34 Å². The van der Waals surface area contributed by atoms with Crippen molar-refractivity contribution in [3.63, 3.8) is 0 Å². The molecule has 0 heterocycles. The van der Waals surface area contributed by atoms with Crippen LogP contribution < -0.4 is 5.01 Å². The second-order valence-corrected chi connectivity index (χ2v) is 4.07. The summed E-state index contributed by atoms with van der Waals surface area (Å²) >= 11 is 0. The Hall–Kier alpha value is -1.10. The van der Waals surface area contributed by atoms with Crippen molar-refractivity contribution in [1.29, 1.82) is 0 Å². The Morgan fingerprint density at radius 2 is 1.64 bits per heavy atom. The second-order valence-electron chi connectivity index (χ2n) is 4.07. The molecular formula is C10H15N2O2-. The Bertz CT molecular complexity index is 280. The fourth-order valence-corrected chi connectivity index (χ4v) is 1.31. The highest BCUT2D eigenvalue weighted by atomic mass is 16.8. The summed E-state index contributed by atoms with van der Waals surface area (Å²) in [7, 11) is 0. The first-order valence-electron chi connectivity index (χ1n) is 4.44. The lowest BCUT2D eigenvalue weighted by molar-refractivity contribution is -0.0686. The number of nitrogens with zero attached hydrogens (tertiary/aromatic N) is 2. The van der Waals surface area contributed by atoms with Crippen LogP contribution in [0.4, 0.5) is 5.69 Å². The number of rotatable bonds is 2. The first kappa shape index (κ1) is 11.0. The molecule has 0 aliphatic rings. The van der Waals surface area contributed by atoms with E-state index in [1.807, 2.05) is 39.0 Å². The van der Waals surface area contributed by atoms with Crippen LogP contribution in [0.2, 0.25) is 0 Å². The second kappa shape index (κ2) is 3.96. The zero-order valence-corrected chi connectivity index (χ0v) is 8.64. The van der Waals surface area contributed by atoms with Gasteiger partial charge in [-0.15, -0.1) is 0 Å². The predicted molar refractivity (Wildman–Crippen MR) is 55.7 cm³/mol. The van der Waals surface area contributed by atoms with Crippen LogP contribution in [0, 0.1) is 5.21 Å². The summed E-state index contributed by atoms with van der Waals surface area (Å²) in [6.45, 7) is 5.54. The zero-order valence-electron chi connectivity index (χ0n) is 8.64. The molecule has 0 unspecified atom stereocenters. The van der Waals surface area contributed by atoms with Crippen molar-refractivity contribution >= 4 is 5.69 Å². The van der Waals surface area contributed by atoms with Gasteiger partial charge >= 0.3 is 0 Å². The molecule has 0 atom stereocenters. The smallest absolute Gasteiger partial charge is 0.0540 e. The molecule has 1 aromatic carbocycles. The van der Waals surface area contributed by atoms with Gasteiger partial charge in [0.25, 0.3) is 0 Å². The number of hydrogen-bond acceptors (Lipinski definition) is 4. The lowest BCUT2D eigenvalue weighted by Crippen LogP contribution is -2.49. The minimum absolute atomic E-state index is 0.130. The molecule has 0 aliphatic heterocycles. The van der Waals surface area contributed by atoms with E-state index in [4.69, 9.17) is 5.21 Å². The van der Waals surface area contributed by atoms with E-state index in [1.54, 1.807) is 12.1 Å². The third-order valence-electron chi connectivity index (χ3n) is 1.81. The largest absolute Gasteiger partial charge is 0.743 e. The van der Waals surface area contributed by atoms with Crippen LogP contribution >= 0.6 is 0 Å². The normalized spacial score (nSPS) is 11.9. The van der Waals surface area contributed by atoms with Crippen LogP contribution in [-0.2, 0) is 0 Å². The zero-order chi connectivity index (χ0) is 10.8. The van der Waals surface area contributed by atoms with Crippen LogP contribution in [0.5, 0.6) is 0 Å². The maximum absolute atomic E-state index is 11.0. The minimum atomic E-state index is -0.460. The molecular weight excluding hydrogens is 180 g/mol. The Labute approximate surface area is 83.9 Å². The molecule has 0 saturated heterocycles. The van der Waals surface area contributed by atoms with Crippen LogP contribution in [0.25, 0.3) is 0 Å². The van der Waals surface area contributed by atoms with Gasteiger partial charge < -0.3 is 10.4 Å². The van der Waals surface area contributed by atoms with E-state index in [9.17, 15) is 5.21 Å². The highest BCUT2D eigenvalue weighted by molar-refractivity contribution is 5.46. The SMILES string of the molecule is CC(C)(C)N(c1ccccc1)N([O-])O. The Balaban J connectivity index is 3.02. The topological polar surface area (TPSA) is 49.8 Å². The molecule has 0 aromatic heterocycles. The fraction of sp³-hybridized carbons (Fsp3) is 0.400. The molecule has 0 aliphatic carbocycles. The van der Waals surface area contributed by atoms with E-state index in [1.165, 1.54) is 5.01 Å². The molecule has 1 N–H and O–H groups in total. The summed E-state index contributed by atoms with van der Waals surface area (Å²) in [5.41, 5.74) is 0.204. The molecule has 1 rings (SSSR count). The molecule has 78 valence electrons. The van der Waals surface area contributed by atoms with Gasteiger partial charge in [0.15, 0.2) is 0 Å². The van der Waals surface area contributed by atoms with Gasteiger partial charge in [0.2, 0.25) is 0 Å². The van der Waals surface area contributed by atoms with Crippen molar-refractivity contribution in [2.75, 3.05) is 5.01 Å². The molecule has 0 saturated carbocycles. The highest BCUT2D eigenvalue weighted by Crippen LogP contribution is 2.23. The van der Waals surface area contributed by atoms with E-state index in [0.29, 0.717) is 5.69 Å². The van der Waals surface area contributed by atoms with Crippen molar-refractivity contribution < 1.29 is 5.21 Å². The summed E-state index contributed by atoms with van der Waals surface area (Å²) in [4.78, 5) is 0. The average Bonchev–Trinajstić information content (AvgIpc) is 2.02. The maximum atomic E-state index is 11.0. The summed E-state index contributed by atoms with van der Waals surface area (Å²) in [6.07, 6.45) is 0. The maximum Gasteiger partial charge on any atom is 0.0540 e. The standard InChI is InChI=1S/C10H15N2O2/c1-10(2,3)11(12(13)14)9-7-5-4-6-8-9/h4-8,13H,1-3H3/q-1. The molecule has 0 radical (unpaired) electrons. The van der Waals surface area contributed by atoms with Gasteiger partial charge in [0, 0.05) is 5.54 Å². The highest BCUT2D eigenvalue weighted by Gasteiger charge is 2.22. The van der Waals surface area contributed by atoms with E-state index < -0.39 is 5.54 Å². The van der Waals surface area contributed by atoms with Crippen LogP contribution in [0.15, 0.2) is 30.3 Å². The lowest BCUT2D eigenvalue weighted by Gasteiger charge is -2.45. The third kappa shape index (κ3) is 2.45. The van der Waals surface area contributed by atoms with Gasteiger partial charge in [0.05, 0.1) is 5.69 Å². The number of hydrogen-bond donors (Lipinski definition) is 1. The summed E-state index contributed by atoms with van der Waals surface area (Å²) in [5, 5.41) is 21.1. The number of hydrazine groups is 1. The molecule has 1 aromatic rings. The minimum Gasteiger partial charge on any atom is -0.743 e. The summed E-state index contributed by atoms with van der Waals surface area (Å²) in [6, 6.07) is 9.03. The Kier molecular flexibility index (Phi) is 3.10. The van der Waals surface area contributed by atoms with Crippen molar-refractivity contribution in [2.24, 2.45) is 0 Å². The molecule has 0 spiro atoms. The average molecular weight is 195 g/mol. The quantitative estimate of drug-likeness (QED) is 0.736. The molecule has 0 fully saturated rings. The van der Waals surface area contributed by atoms with Gasteiger partial charge in [-0.2, -0.15) is 5.34 Å². The first-order chi connectivity index (χ1) is 6.43. The summed E-state index contributed by atoms with van der Waals surface area (Å²) < 4.78 is 0. The van der Waals surface area contributed by atoms with Crippen molar-refractivity contribution in [1.82, 2.24) is 5.34 Å². The molecule has 0 amide bonds. The van der Waals surface area contributed by atoms with Gasteiger partial charge in [-0.1, -0.05) is 18.2 Å². The first-order valence-corrected chi connectivity index (χ1v) is 4.44. The van der Waals surface area contributed by atoms with Gasteiger partial charge in [-0.25, -0.2) is 0 Å². The van der Waals surface area contributed by atoms with E-state index in [0.717, 1.165) is 0 Å². The fourth-order valence-electron chi connectivity index (χ4n) is 1.31. The Morgan fingerprint density at radius 1 is 1.14 bits per heavy atom. The van der Waals surface area contributed by atoms with Gasteiger partial charge in [-0.3, -0.25) is 5.01 Å². The Morgan fingerprint density at radius 3 is 2.00 bits per heavy atom. The third-order valence-corrected chi connectivity index (χ3v) is 1.81. The number of para-hydroxylation sites is 1.